The fraction of sp³-hybridized carbons (Fsp3) is 0.950. The summed E-state index contributed by atoms with van der Waals surface area (Å²) in [5, 5.41) is 6.85. The van der Waals surface area contributed by atoms with Gasteiger partial charge in [0.1, 0.15) is 0 Å². The van der Waals surface area contributed by atoms with E-state index >= 15 is 0 Å². The van der Waals surface area contributed by atoms with E-state index in [4.69, 9.17) is 9.73 Å². The van der Waals surface area contributed by atoms with Crippen LogP contribution < -0.4 is 10.6 Å². The Balaban J connectivity index is 0.00000625. The molecule has 0 aromatic heterocycles. The fourth-order valence-electron chi connectivity index (χ4n) is 3.42. The van der Waals surface area contributed by atoms with Crippen molar-refractivity contribution in [3.05, 3.63) is 0 Å². The molecule has 156 valence electrons. The minimum Gasteiger partial charge on any atom is -0.377 e. The summed E-state index contributed by atoms with van der Waals surface area (Å²) in [6, 6.07) is 0.619. The van der Waals surface area contributed by atoms with Gasteiger partial charge >= 0.3 is 0 Å². The third-order valence-corrected chi connectivity index (χ3v) is 5.23. The molecule has 3 unspecified atom stereocenters. The van der Waals surface area contributed by atoms with Gasteiger partial charge in [0.05, 0.1) is 6.10 Å². The van der Waals surface area contributed by atoms with Crippen molar-refractivity contribution in [1.29, 1.82) is 0 Å². The SMILES string of the molecule is CCNC(=NCC1CCCOC1C(C)(C)C)NCCN(C)C(C)CC.I. The van der Waals surface area contributed by atoms with E-state index in [1.54, 1.807) is 0 Å². The highest BCUT2D eigenvalue weighted by Gasteiger charge is 2.35. The van der Waals surface area contributed by atoms with E-state index in [1.165, 1.54) is 12.8 Å². The second kappa shape index (κ2) is 13.2. The van der Waals surface area contributed by atoms with E-state index in [0.717, 1.165) is 45.2 Å². The van der Waals surface area contributed by atoms with Gasteiger partial charge in [0.2, 0.25) is 0 Å². The van der Waals surface area contributed by atoms with Crippen LogP contribution in [0.2, 0.25) is 0 Å². The first kappa shape index (κ1) is 25.9. The molecule has 0 aromatic carbocycles. The summed E-state index contributed by atoms with van der Waals surface area (Å²) < 4.78 is 6.08. The van der Waals surface area contributed by atoms with Crippen LogP contribution in [0.25, 0.3) is 0 Å². The number of nitrogens with one attached hydrogen (secondary N) is 2. The van der Waals surface area contributed by atoms with Crippen molar-refractivity contribution in [2.45, 2.75) is 73.0 Å². The summed E-state index contributed by atoms with van der Waals surface area (Å²) >= 11 is 0. The maximum Gasteiger partial charge on any atom is 0.191 e. The van der Waals surface area contributed by atoms with Crippen molar-refractivity contribution < 1.29 is 4.74 Å². The summed E-state index contributed by atoms with van der Waals surface area (Å²) in [5.74, 6) is 1.44. The first-order valence-electron chi connectivity index (χ1n) is 10.1. The second-order valence-electron chi connectivity index (χ2n) is 8.44. The molecule has 0 amide bonds. The first-order valence-corrected chi connectivity index (χ1v) is 10.1. The quantitative estimate of drug-likeness (QED) is 0.315. The molecular weight excluding hydrogens is 439 g/mol. The lowest BCUT2D eigenvalue weighted by Crippen LogP contribution is -2.44. The highest BCUT2D eigenvalue weighted by molar-refractivity contribution is 14.0. The van der Waals surface area contributed by atoms with Crippen molar-refractivity contribution >= 4 is 29.9 Å². The van der Waals surface area contributed by atoms with Crippen LogP contribution in [-0.2, 0) is 4.74 Å². The average Bonchev–Trinajstić information content (AvgIpc) is 2.58. The molecule has 0 aliphatic carbocycles. The number of halogens is 1. The molecule has 0 saturated carbocycles. The molecule has 5 nitrogen and oxygen atoms in total. The van der Waals surface area contributed by atoms with Crippen LogP contribution in [0.15, 0.2) is 4.99 Å². The van der Waals surface area contributed by atoms with E-state index in [-0.39, 0.29) is 29.4 Å². The molecule has 6 heteroatoms. The zero-order chi connectivity index (χ0) is 18.9. The molecule has 0 aromatic rings. The predicted octanol–water partition coefficient (Wildman–Crippen LogP) is 3.73. The van der Waals surface area contributed by atoms with Gasteiger partial charge in [-0.2, -0.15) is 0 Å². The molecule has 3 atom stereocenters. The van der Waals surface area contributed by atoms with Gasteiger partial charge < -0.3 is 20.3 Å². The monoisotopic (exact) mass is 482 g/mol. The van der Waals surface area contributed by atoms with Gasteiger partial charge in [0.15, 0.2) is 5.96 Å². The highest BCUT2D eigenvalue weighted by atomic mass is 127. The number of guanidine groups is 1. The van der Waals surface area contributed by atoms with Gasteiger partial charge in [-0.25, -0.2) is 0 Å². The minimum absolute atomic E-state index is 0. The number of hydrogen-bond donors (Lipinski definition) is 2. The van der Waals surface area contributed by atoms with Crippen LogP contribution in [0, 0.1) is 11.3 Å². The lowest BCUT2D eigenvalue weighted by molar-refractivity contribution is -0.0823. The van der Waals surface area contributed by atoms with Gasteiger partial charge in [0.25, 0.3) is 0 Å². The van der Waals surface area contributed by atoms with Gasteiger partial charge in [-0.05, 0) is 45.6 Å². The number of nitrogens with zero attached hydrogens (tertiary/aromatic N) is 2. The molecule has 1 rings (SSSR count). The normalized spacial score (nSPS) is 22.7. The largest absolute Gasteiger partial charge is 0.377 e. The topological polar surface area (TPSA) is 48.9 Å². The Hall–Kier alpha value is -0.0800. The standard InChI is InChI=1S/C20H42N4O.HI/c1-8-16(3)24(7)13-12-22-19(21-9-2)23-15-17-11-10-14-25-18(17)20(4,5)6;/h16-18H,8-15H2,1-7H3,(H2,21,22,23);1H. The van der Waals surface area contributed by atoms with E-state index in [1.807, 2.05) is 0 Å². The summed E-state index contributed by atoms with van der Waals surface area (Å²) in [6.07, 6.45) is 3.84. The maximum absolute atomic E-state index is 6.08. The summed E-state index contributed by atoms with van der Waals surface area (Å²) in [4.78, 5) is 7.25. The molecule has 2 N–H and O–H groups in total. The van der Waals surface area contributed by atoms with Crippen molar-refractivity contribution in [3.63, 3.8) is 0 Å². The Labute approximate surface area is 179 Å². The summed E-state index contributed by atoms with van der Waals surface area (Å²) in [5.41, 5.74) is 0.172. The van der Waals surface area contributed by atoms with E-state index in [9.17, 15) is 0 Å². The van der Waals surface area contributed by atoms with E-state index in [2.05, 4.69) is 64.1 Å². The number of ether oxygens (including phenoxy) is 1. The number of aliphatic imine (C=N–C) groups is 1. The molecule has 1 fully saturated rings. The predicted molar refractivity (Wildman–Crippen MR) is 124 cm³/mol. The molecule has 1 aliphatic rings. The van der Waals surface area contributed by atoms with Gasteiger partial charge in [0, 0.05) is 44.7 Å². The van der Waals surface area contributed by atoms with Gasteiger partial charge in [-0.1, -0.05) is 27.7 Å². The van der Waals surface area contributed by atoms with Crippen LogP contribution >= 0.6 is 24.0 Å². The van der Waals surface area contributed by atoms with Crippen molar-refractivity contribution in [3.8, 4) is 0 Å². The lowest BCUT2D eigenvalue weighted by Gasteiger charge is -2.39. The Morgan fingerprint density at radius 2 is 1.96 bits per heavy atom. The molecule has 1 heterocycles. The van der Waals surface area contributed by atoms with Crippen LogP contribution in [-0.4, -0.2) is 62.8 Å². The zero-order valence-electron chi connectivity index (χ0n) is 18.1. The van der Waals surface area contributed by atoms with Crippen LogP contribution in [0.3, 0.4) is 0 Å². The third kappa shape index (κ3) is 9.22. The first-order chi connectivity index (χ1) is 11.8. The zero-order valence-corrected chi connectivity index (χ0v) is 20.4. The Morgan fingerprint density at radius 3 is 2.54 bits per heavy atom. The molecule has 1 saturated heterocycles. The van der Waals surface area contributed by atoms with Crippen LogP contribution in [0.5, 0.6) is 0 Å². The van der Waals surface area contributed by atoms with Crippen LogP contribution in [0.4, 0.5) is 0 Å². The Kier molecular flexibility index (Phi) is 13.1. The molecule has 26 heavy (non-hydrogen) atoms. The third-order valence-electron chi connectivity index (χ3n) is 5.23. The van der Waals surface area contributed by atoms with Crippen LogP contribution in [0.1, 0.15) is 60.8 Å². The fourth-order valence-corrected chi connectivity index (χ4v) is 3.42. The Morgan fingerprint density at radius 1 is 1.27 bits per heavy atom. The molecular formula is C20H43IN4O. The smallest absolute Gasteiger partial charge is 0.191 e. The number of likely N-dealkylation sites (N-methyl/N-ethyl adjacent to an activating group) is 1. The second-order valence-corrected chi connectivity index (χ2v) is 8.44. The van der Waals surface area contributed by atoms with E-state index in [0.29, 0.717) is 18.1 Å². The van der Waals surface area contributed by atoms with Crippen molar-refractivity contribution in [1.82, 2.24) is 15.5 Å². The minimum atomic E-state index is 0. The maximum atomic E-state index is 6.08. The van der Waals surface area contributed by atoms with E-state index < -0.39 is 0 Å². The summed E-state index contributed by atoms with van der Waals surface area (Å²) in [6.45, 7) is 18.0. The molecule has 1 aliphatic heterocycles. The Bertz CT molecular complexity index is 398. The molecule has 0 spiro atoms. The highest BCUT2D eigenvalue weighted by Crippen LogP contribution is 2.34. The van der Waals surface area contributed by atoms with Crippen molar-refractivity contribution in [2.24, 2.45) is 16.3 Å². The number of hydrogen-bond acceptors (Lipinski definition) is 3. The number of rotatable bonds is 8. The average molecular weight is 482 g/mol. The van der Waals surface area contributed by atoms with Gasteiger partial charge in [-0.15, -0.1) is 24.0 Å². The summed E-state index contributed by atoms with van der Waals surface area (Å²) in [7, 11) is 2.19. The molecule has 0 radical (unpaired) electrons. The van der Waals surface area contributed by atoms with Crippen molar-refractivity contribution in [2.75, 3.05) is 39.8 Å². The van der Waals surface area contributed by atoms with Gasteiger partial charge in [-0.3, -0.25) is 4.99 Å². The lowest BCUT2D eigenvalue weighted by atomic mass is 9.78. The molecule has 0 bridgehead atoms.